The second-order valence-corrected chi connectivity index (χ2v) is 6.06. The zero-order chi connectivity index (χ0) is 18.2. The molecule has 1 aromatic rings. The zero-order valence-corrected chi connectivity index (χ0v) is 16.1. The Labute approximate surface area is 160 Å². The second-order valence-electron chi connectivity index (χ2n) is 6.06. The van der Waals surface area contributed by atoms with Crippen LogP contribution in [0, 0.1) is 0 Å². The summed E-state index contributed by atoms with van der Waals surface area (Å²) in [5.74, 6) is 0.978. The lowest BCUT2D eigenvalue weighted by molar-refractivity contribution is -0.121. The summed E-state index contributed by atoms with van der Waals surface area (Å²) in [5.41, 5.74) is 5.95. The largest absolute Gasteiger partial charge is 0.493 e. The highest BCUT2D eigenvalue weighted by molar-refractivity contribution is 5.95. The highest BCUT2D eigenvalue weighted by Crippen LogP contribution is 2.29. The maximum Gasteiger partial charge on any atom is 0.254 e. The molecule has 0 saturated carbocycles. The molecule has 26 heavy (non-hydrogen) atoms. The molecule has 8 heteroatoms. The van der Waals surface area contributed by atoms with Crippen molar-refractivity contribution in [3.63, 3.8) is 0 Å². The first-order chi connectivity index (χ1) is 12.1. The Morgan fingerprint density at radius 1 is 1.23 bits per heavy atom. The molecule has 1 atom stereocenters. The lowest BCUT2D eigenvalue weighted by Crippen LogP contribution is -2.49. The molecule has 1 unspecified atom stereocenters. The van der Waals surface area contributed by atoms with Gasteiger partial charge in [0.15, 0.2) is 11.5 Å². The molecular weight excluding hydrogens is 358 g/mol. The van der Waals surface area contributed by atoms with Gasteiger partial charge in [-0.15, -0.1) is 12.4 Å². The van der Waals surface area contributed by atoms with Crippen LogP contribution in [0.25, 0.3) is 0 Å². The SMILES string of the molecule is COc1ccc(C(=O)N2CCCCC2CNC(=O)CCN)cc1OC.Cl. The maximum atomic E-state index is 12.9. The fraction of sp³-hybridized carbons (Fsp3) is 0.556. The van der Waals surface area contributed by atoms with E-state index in [9.17, 15) is 9.59 Å². The molecule has 0 spiro atoms. The first kappa shape index (κ1) is 22.1. The van der Waals surface area contributed by atoms with Crippen LogP contribution in [0.2, 0.25) is 0 Å². The Bertz CT molecular complexity index is 612. The molecule has 146 valence electrons. The third kappa shape index (κ3) is 5.51. The molecule has 2 rings (SSSR count). The number of nitrogens with zero attached hydrogens (tertiary/aromatic N) is 1. The molecule has 0 radical (unpaired) electrons. The fourth-order valence-corrected chi connectivity index (χ4v) is 3.07. The Morgan fingerprint density at radius 2 is 1.96 bits per heavy atom. The number of rotatable bonds is 7. The Morgan fingerprint density at radius 3 is 2.62 bits per heavy atom. The highest BCUT2D eigenvalue weighted by atomic mass is 35.5. The van der Waals surface area contributed by atoms with Crippen molar-refractivity contribution in [2.75, 3.05) is 33.9 Å². The van der Waals surface area contributed by atoms with E-state index in [1.54, 1.807) is 32.4 Å². The van der Waals surface area contributed by atoms with E-state index in [2.05, 4.69) is 5.32 Å². The molecule has 0 bridgehead atoms. The first-order valence-electron chi connectivity index (χ1n) is 8.60. The van der Waals surface area contributed by atoms with Crippen LogP contribution >= 0.6 is 12.4 Å². The van der Waals surface area contributed by atoms with Crippen molar-refractivity contribution in [1.29, 1.82) is 0 Å². The number of benzene rings is 1. The molecule has 1 aromatic carbocycles. The lowest BCUT2D eigenvalue weighted by atomic mass is 10.0. The summed E-state index contributed by atoms with van der Waals surface area (Å²) in [6.45, 7) is 1.47. The fourth-order valence-electron chi connectivity index (χ4n) is 3.07. The normalized spacial score (nSPS) is 16.4. The van der Waals surface area contributed by atoms with Gasteiger partial charge in [-0.25, -0.2) is 0 Å². The predicted octanol–water partition coefficient (Wildman–Crippen LogP) is 1.59. The molecule has 7 nitrogen and oxygen atoms in total. The summed E-state index contributed by atoms with van der Waals surface area (Å²) in [6, 6.07) is 5.16. The number of ether oxygens (including phenoxy) is 2. The Balaban J connectivity index is 0.00000338. The minimum absolute atomic E-state index is 0. The summed E-state index contributed by atoms with van der Waals surface area (Å²) in [5, 5.41) is 2.87. The van der Waals surface area contributed by atoms with Crippen LogP contribution in [-0.2, 0) is 4.79 Å². The number of nitrogens with two attached hydrogens (primary N) is 1. The van der Waals surface area contributed by atoms with Crippen LogP contribution in [-0.4, -0.2) is 56.6 Å². The number of amides is 2. The van der Waals surface area contributed by atoms with Crippen molar-refractivity contribution in [2.45, 2.75) is 31.7 Å². The van der Waals surface area contributed by atoms with E-state index >= 15 is 0 Å². The van der Waals surface area contributed by atoms with E-state index in [0.29, 0.717) is 43.1 Å². The number of carbonyl (C=O) groups excluding carboxylic acids is 2. The van der Waals surface area contributed by atoms with Gasteiger partial charge in [-0.3, -0.25) is 9.59 Å². The third-order valence-electron chi connectivity index (χ3n) is 4.42. The summed E-state index contributed by atoms with van der Waals surface area (Å²) in [6.07, 6.45) is 3.19. The standard InChI is InChI=1S/C18H27N3O4.ClH/c1-24-15-7-6-13(11-16(15)25-2)18(23)21-10-4-3-5-14(21)12-20-17(22)8-9-19;/h6-7,11,14H,3-5,8-10,12,19H2,1-2H3,(H,20,22);1H. The summed E-state index contributed by atoms with van der Waals surface area (Å²) >= 11 is 0. The number of nitrogens with one attached hydrogen (secondary N) is 1. The van der Waals surface area contributed by atoms with Gasteiger partial charge in [-0.1, -0.05) is 0 Å². The van der Waals surface area contributed by atoms with E-state index in [1.807, 2.05) is 4.90 Å². The molecular formula is C18H28ClN3O4. The van der Waals surface area contributed by atoms with Gasteiger partial charge in [-0.2, -0.15) is 0 Å². The second kappa shape index (κ2) is 10.9. The first-order valence-corrected chi connectivity index (χ1v) is 8.60. The molecule has 0 aliphatic carbocycles. The summed E-state index contributed by atoms with van der Waals surface area (Å²) in [7, 11) is 3.10. The van der Waals surface area contributed by atoms with Gasteiger partial charge in [-0.05, 0) is 37.5 Å². The van der Waals surface area contributed by atoms with E-state index in [-0.39, 0.29) is 30.3 Å². The minimum Gasteiger partial charge on any atom is -0.493 e. The van der Waals surface area contributed by atoms with E-state index < -0.39 is 0 Å². The van der Waals surface area contributed by atoms with Crippen LogP contribution in [0.5, 0.6) is 11.5 Å². The molecule has 0 aromatic heterocycles. The maximum absolute atomic E-state index is 12.9. The van der Waals surface area contributed by atoms with Crippen LogP contribution in [0.4, 0.5) is 0 Å². The summed E-state index contributed by atoms with van der Waals surface area (Å²) < 4.78 is 10.5. The van der Waals surface area contributed by atoms with Gasteiger partial charge in [0.25, 0.3) is 5.91 Å². The average Bonchev–Trinajstić information content (AvgIpc) is 2.65. The number of piperidine rings is 1. The average molecular weight is 386 g/mol. The van der Waals surface area contributed by atoms with Crippen molar-refractivity contribution in [1.82, 2.24) is 10.2 Å². The van der Waals surface area contributed by atoms with Gasteiger partial charge in [0.05, 0.1) is 14.2 Å². The number of likely N-dealkylation sites (tertiary alicyclic amines) is 1. The Kier molecular flexibility index (Phi) is 9.23. The van der Waals surface area contributed by atoms with Crippen molar-refractivity contribution < 1.29 is 19.1 Å². The molecule has 3 N–H and O–H groups in total. The number of carbonyl (C=O) groups is 2. The van der Waals surface area contributed by atoms with E-state index in [4.69, 9.17) is 15.2 Å². The third-order valence-corrected chi connectivity index (χ3v) is 4.42. The van der Waals surface area contributed by atoms with Gasteiger partial charge < -0.3 is 25.4 Å². The Hall–Kier alpha value is -1.99. The molecule has 1 aliphatic rings. The molecule has 2 amide bonds. The van der Waals surface area contributed by atoms with Crippen molar-refractivity contribution in [3.05, 3.63) is 23.8 Å². The molecule has 1 saturated heterocycles. The topological polar surface area (TPSA) is 93.9 Å². The highest BCUT2D eigenvalue weighted by Gasteiger charge is 2.28. The number of hydrogen-bond acceptors (Lipinski definition) is 5. The quantitative estimate of drug-likeness (QED) is 0.743. The number of methoxy groups -OCH3 is 2. The predicted molar refractivity (Wildman–Crippen MR) is 102 cm³/mol. The summed E-state index contributed by atoms with van der Waals surface area (Å²) in [4.78, 5) is 26.4. The van der Waals surface area contributed by atoms with Crippen molar-refractivity contribution >= 4 is 24.2 Å². The van der Waals surface area contributed by atoms with E-state index in [0.717, 1.165) is 19.3 Å². The molecule has 1 aliphatic heterocycles. The molecule has 1 fully saturated rings. The minimum atomic E-state index is -0.0772. The van der Waals surface area contributed by atoms with Gasteiger partial charge in [0.1, 0.15) is 0 Å². The van der Waals surface area contributed by atoms with Crippen LogP contribution in [0.1, 0.15) is 36.0 Å². The monoisotopic (exact) mass is 385 g/mol. The van der Waals surface area contributed by atoms with Crippen molar-refractivity contribution in [2.24, 2.45) is 5.73 Å². The number of halogens is 1. The van der Waals surface area contributed by atoms with Crippen LogP contribution < -0.4 is 20.5 Å². The van der Waals surface area contributed by atoms with Crippen LogP contribution in [0.15, 0.2) is 18.2 Å². The van der Waals surface area contributed by atoms with E-state index in [1.165, 1.54) is 0 Å². The van der Waals surface area contributed by atoms with Crippen molar-refractivity contribution in [3.8, 4) is 11.5 Å². The van der Waals surface area contributed by atoms with Gasteiger partial charge >= 0.3 is 0 Å². The zero-order valence-electron chi connectivity index (χ0n) is 15.3. The molecule has 1 heterocycles. The van der Waals surface area contributed by atoms with Crippen LogP contribution in [0.3, 0.4) is 0 Å². The number of hydrogen-bond donors (Lipinski definition) is 2. The smallest absolute Gasteiger partial charge is 0.254 e. The van der Waals surface area contributed by atoms with Gasteiger partial charge in [0.2, 0.25) is 5.91 Å². The lowest BCUT2D eigenvalue weighted by Gasteiger charge is -2.36. The van der Waals surface area contributed by atoms with Gasteiger partial charge in [0, 0.05) is 37.7 Å².